The largest absolute Gasteiger partial charge is 0.478 e. The summed E-state index contributed by atoms with van der Waals surface area (Å²) in [4.78, 5) is 17.0. The van der Waals surface area contributed by atoms with Crippen LogP contribution in [0.25, 0.3) is 22.5 Å². The monoisotopic (exact) mass is 468 g/mol. The van der Waals surface area contributed by atoms with Crippen LogP contribution in [0, 0.1) is 0 Å². The molecule has 2 heterocycles. The minimum Gasteiger partial charge on any atom is -0.478 e. The number of benzene rings is 2. The Hall–Kier alpha value is -4.28. The molecule has 2 N–H and O–H groups in total. The van der Waals surface area contributed by atoms with Gasteiger partial charge in [-0.3, -0.25) is 0 Å². The topological polar surface area (TPSA) is 108 Å². The average Bonchev–Trinajstić information content (AvgIpc) is 3.36. The highest BCUT2D eigenvalue weighted by Crippen LogP contribution is 2.30. The third kappa shape index (κ3) is 5.37. The first-order valence-electron chi connectivity index (χ1n) is 10.2. The predicted molar refractivity (Wildman–Crippen MR) is 118 cm³/mol. The van der Waals surface area contributed by atoms with Gasteiger partial charge in [-0.25, -0.2) is 9.78 Å². The number of carboxylic acids is 1. The number of pyridine rings is 1. The molecule has 2 aromatic carbocycles. The van der Waals surface area contributed by atoms with Crippen molar-refractivity contribution in [1.82, 2.24) is 25.6 Å². The third-order valence-electron chi connectivity index (χ3n) is 5.13. The van der Waals surface area contributed by atoms with Crippen molar-refractivity contribution in [3.05, 3.63) is 78.0 Å². The third-order valence-corrected chi connectivity index (χ3v) is 5.13. The maximum Gasteiger partial charge on any atom is 0.390 e. The number of tetrazole rings is 1. The van der Waals surface area contributed by atoms with E-state index >= 15 is 0 Å². The lowest BCUT2D eigenvalue weighted by Crippen LogP contribution is -2.30. The van der Waals surface area contributed by atoms with Gasteiger partial charge >= 0.3 is 12.1 Å². The van der Waals surface area contributed by atoms with E-state index in [4.69, 9.17) is 0 Å². The van der Waals surface area contributed by atoms with Gasteiger partial charge in [0.15, 0.2) is 0 Å². The minimum atomic E-state index is -4.39. The van der Waals surface area contributed by atoms with E-state index in [1.54, 1.807) is 12.1 Å². The van der Waals surface area contributed by atoms with Gasteiger partial charge in [0.2, 0.25) is 5.82 Å². The molecular formula is C23H19F3N6O2. The molecule has 4 aromatic rings. The molecular weight excluding hydrogens is 449 g/mol. The number of H-pyrrole nitrogens is 1. The van der Waals surface area contributed by atoms with Crippen molar-refractivity contribution in [2.45, 2.75) is 19.1 Å². The van der Waals surface area contributed by atoms with Crippen molar-refractivity contribution >= 4 is 11.8 Å². The number of rotatable bonds is 8. The van der Waals surface area contributed by atoms with E-state index in [9.17, 15) is 23.1 Å². The Kier molecular flexibility index (Phi) is 6.53. The molecule has 2 aromatic heterocycles. The van der Waals surface area contributed by atoms with Crippen LogP contribution < -0.4 is 4.90 Å². The summed E-state index contributed by atoms with van der Waals surface area (Å²) in [7, 11) is 0. The van der Waals surface area contributed by atoms with Crippen molar-refractivity contribution in [2.24, 2.45) is 0 Å². The van der Waals surface area contributed by atoms with E-state index in [1.165, 1.54) is 23.2 Å². The molecule has 8 nitrogen and oxygen atoms in total. The average molecular weight is 468 g/mol. The Morgan fingerprint density at radius 1 is 1.00 bits per heavy atom. The Bertz CT molecular complexity index is 1260. The zero-order valence-corrected chi connectivity index (χ0v) is 17.7. The van der Waals surface area contributed by atoms with Crippen LogP contribution in [0.1, 0.15) is 22.3 Å². The van der Waals surface area contributed by atoms with Gasteiger partial charge in [-0.15, -0.1) is 10.2 Å². The van der Waals surface area contributed by atoms with Crippen molar-refractivity contribution in [3.8, 4) is 22.5 Å². The van der Waals surface area contributed by atoms with E-state index in [0.717, 1.165) is 16.7 Å². The highest BCUT2D eigenvalue weighted by atomic mass is 19.4. The highest BCUT2D eigenvalue weighted by molar-refractivity contribution is 5.93. The molecule has 0 fully saturated rings. The van der Waals surface area contributed by atoms with Crippen LogP contribution in [-0.2, 0) is 6.54 Å². The summed E-state index contributed by atoms with van der Waals surface area (Å²) in [6, 6.07) is 17.5. The molecule has 0 unspecified atom stereocenters. The van der Waals surface area contributed by atoms with Crippen molar-refractivity contribution < 1.29 is 23.1 Å². The van der Waals surface area contributed by atoms with E-state index in [0.29, 0.717) is 11.4 Å². The molecule has 34 heavy (non-hydrogen) atoms. The number of aromatic carboxylic acids is 1. The maximum atomic E-state index is 12.9. The summed E-state index contributed by atoms with van der Waals surface area (Å²) in [6.45, 7) is -0.372. The summed E-state index contributed by atoms with van der Waals surface area (Å²) < 4.78 is 38.8. The molecule has 11 heteroatoms. The molecule has 0 aliphatic heterocycles. The number of halogens is 3. The Balaban J connectivity index is 1.62. The summed E-state index contributed by atoms with van der Waals surface area (Å²) in [5.74, 6) is -0.825. The normalized spacial score (nSPS) is 11.4. The zero-order valence-electron chi connectivity index (χ0n) is 17.7. The lowest BCUT2D eigenvalue weighted by atomic mass is 9.98. The molecule has 0 bridgehead atoms. The van der Waals surface area contributed by atoms with Gasteiger partial charge in [-0.05, 0) is 34.0 Å². The van der Waals surface area contributed by atoms with Crippen LogP contribution in [0.4, 0.5) is 19.0 Å². The molecule has 4 rings (SSSR count). The Morgan fingerprint density at radius 3 is 2.38 bits per heavy atom. The van der Waals surface area contributed by atoms with Gasteiger partial charge < -0.3 is 10.0 Å². The van der Waals surface area contributed by atoms with Crippen LogP contribution >= 0.6 is 0 Å². The molecule has 0 saturated heterocycles. The summed E-state index contributed by atoms with van der Waals surface area (Å²) in [6.07, 6.45) is -4.13. The number of nitrogens with zero attached hydrogens (tertiary/aromatic N) is 5. The summed E-state index contributed by atoms with van der Waals surface area (Å²) in [5, 5.41) is 23.5. The first-order chi connectivity index (χ1) is 16.3. The van der Waals surface area contributed by atoms with Crippen LogP contribution in [-0.4, -0.2) is 49.4 Å². The molecule has 0 saturated carbocycles. The number of anilines is 1. The van der Waals surface area contributed by atoms with Crippen molar-refractivity contribution in [3.63, 3.8) is 0 Å². The van der Waals surface area contributed by atoms with E-state index < -0.39 is 25.1 Å². The molecule has 0 radical (unpaired) electrons. The molecule has 174 valence electrons. The SMILES string of the molecule is O=C(O)c1cccnc1N(CCC(F)(F)F)Cc1ccc(-c2ccccc2-c2nn[nH]n2)cc1. The lowest BCUT2D eigenvalue weighted by Gasteiger charge is -2.26. The number of carbonyl (C=O) groups is 1. The van der Waals surface area contributed by atoms with Crippen molar-refractivity contribution in [2.75, 3.05) is 11.4 Å². The maximum absolute atomic E-state index is 12.9. The number of nitrogens with one attached hydrogen (secondary N) is 1. The second kappa shape index (κ2) is 9.69. The predicted octanol–water partition coefficient (Wildman–Crippen LogP) is 4.59. The van der Waals surface area contributed by atoms with Gasteiger partial charge in [-0.2, -0.15) is 18.4 Å². The van der Waals surface area contributed by atoms with Gasteiger partial charge in [0, 0.05) is 24.8 Å². The fourth-order valence-electron chi connectivity index (χ4n) is 3.55. The molecule has 0 spiro atoms. The number of aromatic amines is 1. The number of hydrogen-bond donors (Lipinski definition) is 2. The Labute approximate surface area is 192 Å². The van der Waals surface area contributed by atoms with Crippen LogP contribution in [0.3, 0.4) is 0 Å². The molecule has 0 atom stereocenters. The first kappa shape index (κ1) is 22.9. The van der Waals surface area contributed by atoms with Crippen molar-refractivity contribution in [1.29, 1.82) is 0 Å². The van der Waals surface area contributed by atoms with Gasteiger partial charge in [0.25, 0.3) is 0 Å². The second-order valence-corrected chi connectivity index (χ2v) is 7.44. The molecule has 0 aliphatic rings. The minimum absolute atomic E-state index is 0.00854. The van der Waals surface area contributed by atoms with E-state index in [2.05, 4.69) is 25.6 Å². The number of aromatic nitrogens is 5. The summed E-state index contributed by atoms with van der Waals surface area (Å²) in [5.41, 5.74) is 3.04. The lowest BCUT2D eigenvalue weighted by molar-refractivity contribution is -0.132. The second-order valence-electron chi connectivity index (χ2n) is 7.44. The van der Waals surface area contributed by atoms with Gasteiger partial charge in [0.05, 0.1) is 6.42 Å². The number of carboxylic acid groups (broad SMARTS) is 1. The van der Waals surface area contributed by atoms with Crippen LogP contribution in [0.15, 0.2) is 66.9 Å². The van der Waals surface area contributed by atoms with Crippen LogP contribution in [0.2, 0.25) is 0 Å². The molecule has 0 amide bonds. The van der Waals surface area contributed by atoms with E-state index in [1.807, 2.05) is 36.4 Å². The standard InChI is InChI=1S/C23H19F3N6O2/c24-23(25,26)11-13-32(21-19(22(33)34)6-3-12-27-21)14-15-7-9-16(10-8-15)17-4-1-2-5-18(17)20-28-30-31-29-20/h1-10,12H,11,13-14H2,(H,33,34)(H,28,29,30,31). The zero-order chi connectivity index (χ0) is 24.1. The quantitative estimate of drug-likeness (QED) is 0.390. The Morgan fingerprint density at radius 2 is 1.74 bits per heavy atom. The highest BCUT2D eigenvalue weighted by Gasteiger charge is 2.29. The number of hydrogen-bond acceptors (Lipinski definition) is 6. The fourth-order valence-corrected chi connectivity index (χ4v) is 3.55. The number of alkyl halides is 3. The van der Waals surface area contributed by atoms with Crippen LogP contribution in [0.5, 0.6) is 0 Å². The van der Waals surface area contributed by atoms with Gasteiger partial charge in [-0.1, -0.05) is 48.5 Å². The summed E-state index contributed by atoms with van der Waals surface area (Å²) >= 11 is 0. The fraction of sp³-hybridized carbons (Fsp3) is 0.174. The molecule has 0 aliphatic carbocycles. The first-order valence-corrected chi connectivity index (χ1v) is 10.2. The van der Waals surface area contributed by atoms with Gasteiger partial charge in [0.1, 0.15) is 11.4 Å². The van der Waals surface area contributed by atoms with E-state index in [-0.39, 0.29) is 17.9 Å². The smallest absolute Gasteiger partial charge is 0.390 e.